The zero-order chi connectivity index (χ0) is 15.6. The Bertz CT molecular complexity index is 735. The molecule has 2 aromatic rings. The first-order chi connectivity index (χ1) is 10.5. The number of benzene rings is 1. The van der Waals surface area contributed by atoms with Crippen LogP contribution in [0.4, 0.5) is 4.39 Å². The standard InChI is InChI=1S/C15H17FN2O2S2/c16-12-8-6-11(7-9-12)15-17-10-14(21-15)22(19,20)18-13-4-2-1-3-5-13/h6-10,13,18H,1-5H2. The van der Waals surface area contributed by atoms with Crippen molar-refractivity contribution in [3.8, 4) is 10.6 Å². The van der Waals surface area contributed by atoms with Gasteiger partial charge in [-0.25, -0.2) is 22.5 Å². The van der Waals surface area contributed by atoms with Gasteiger partial charge in [-0.15, -0.1) is 11.3 Å². The molecule has 0 bridgehead atoms. The minimum absolute atomic E-state index is 0.0233. The first-order valence-corrected chi connectivity index (χ1v) is 9.59. The van der Waals surface area contributed by atoms with Crippen molar-refractivity contribution in [2.45, 2.75) is 42.4 Å². The molecule has 7 heteroatoms. The van der Waals surface area contributed by atoms with Crippen molar-refractivity contribution in [1.29, 1.82) is 0 Å². The lowest BCUT2D eigenvalue weighted by atomic mass is 9.96. The molecule has 0 spiro atoms. The number of aromatic nitrogens is 1. The molecule has 0 unspecified atom stereocenters. The Morgan fingerprint density at radius 1 is 1.14 bits per heavy atom. The fourth-order valence-electron chi connectivity index (χ4n) is 2.61. The average molecular weight is 340 g/mol. The number of nitrogens with one attached hydrogen (secondary N) is 1. The Hall–Kier alpha value is -1.31. The van der Waals surface area contributed by atoms with Crippen LogP contribution in [0.1, 0.15) is 32.1 Å². The van der Waals surface area contributed by atoms with E-state index in [9.17, 15) is 12.8 Å². The molecule has 118 valence electrons. The van der Waals surface area contributed by atoms with Gasteiger partial charge in [0.1, 0.15) is 10.8 Å². The van der Waals surface area contributed by atoms with Crippen LogP contribution in [0.15, 0.2) is 34.7 Å². The Morgan fingerprint density at radius 2 is 1.82 bits per heavy atom. The molecule has 1 aliphatic carbocycles. The van der Waals surface area contributed by atoms with Gasteiger partial charge in [0.2, 0.25) is 0 Å². The molecule has 0 aliphatic heterocycles. The maximum absolute atomic E-state index is 12.9. The second-order valence-corrected chi connectivity index (χ2v) is 8.42. The molecule has 0 amide bonds. The van der Waals surface area contributed by atoms with Crippen LogP contribution in [0.25, 0.3) is 10.6 Å². The summed E-state index contributed by atoms with van der Waals surface area (Å²) in [5, 5.41) is 0.573. The van der Waals surface area contributed by atoms with Gasteiger partial charge in [-0.05, 0) is 37.1 Å². The van der Waals surface area contributed by atoms with E-state index in [0.29, 0.717) is 10.6 Å². The lowest BCUT2D eigenvalue weighted by Gasteiger charge is -2.21. The van der Waals surface area contributed by atoms with Crippen LogP contribution in [-0.2, 0) is 10.0 Å². The second kappa shape index (κ2) is 6.44. The Morgan fingerprint density at radius 3 is 2.50 bits per heavy atom. The van der Waals surface area contributed by atoms with Gasteiger partial charge >= 0.3 is 0 Å². The molecule has 1 aliphatic rings. The zero-order valence-corrected chi connectivity index (χ0v) is 13.6. The highest BCUT2D eigenvalue weighted by molar-refractivity contribution is 7.91. The molecule has 1 aromatic carbocycles. The number of hydrogen-bond donors (Lipinski definition) is 1. The molecule has 1 heterocycles. The van der Waals surface area contributed by atoms with Crippen molar-refractivity contribution in [3.05, 3.63) is 36.3 Å². The van der Waals surface area contributed by atoms with Crippen LogP contribution in [-0.4, -0.2) is 19.4 Å². The summed E-state index contributed by atoms with van der Waals surface area (Å²) < 4.78 is 40.7. The van der Waals surface area contributed by atoms with Crippen molar-refractivity contribution in [1.82, 2.24) is 9.71 Å². The number of halogens is 1. The summed E-state index contributed by atoms with van der Waals surface area (Å²) in [4.78, 5) is 4.15. The van der Waals surface area contributed by atoms with Crippen molar-refractivity contribution in [3.63, 3.8) is 0 Å². The van der Waals surface area contributed by atoms with Crippen LogP contribution in [0.2, 0.25) is 0 Å². The number of hydrogen-bond acceptors (Lipinski definition) is 4. The van der Waals surface area contributed by atoms with Gasteiger partial charge in [0, 0.05) is 11.6 Å². The molecule has 0 radical (unpaired) electrons. The molecule has 1 fully saturated rings. The van der Waals surface area contributed by atoms with Gasteiger partial charge in [-0.3, -0.25) is 0 Å². The molecular weight excluding hydrogens is 323 g/mol. The smallest absolute Gasteiger partial charge is 0.243 e. The lowest BCUT2D eigenvalue weighted by Crippen LogP contribution is -2.35. The molecule has 0 saturated heterocycles. The Kier molecular flexibility index (Phi) is 4.56. The van der Waals surface area contributed by atoms with Crippen molar-refractivity contribution < 1.29 is 12.8 Å². The van der Waals surface area contributed by atoms with E-state index in [1.165, 1.54) is 24.8 Å². The molecule has 1 N–H and O–H groups in total. The summed E-state index contributed by atoms with van der Waals surface area (Å²) in [6.45, 7) is 0. The van der Waals surface area contributed by atoms with Gasteiger partial charge in [-0.2, -0.15) is 0 Å². The monoisotopic (exact) mass is 340 g/mol. The highest BCUT2D eigenvalue weighted by Crippen LogP contribution is 2.29. The summed E-state index contributed by atoms with van der Waals surface area (Å²) in [5.74, 6) is -0.327. The molecule has 1 aromatic heterocycles. The van der Waals surface area contributed by atoms with Gasteiger partial charge in [-0.1, -0.05) is 19.3 Å². The first kappa shape index (κ1) is 15.6. The molecule has 1 saturated carbocycles. The molecular formula is C15H17FN2O2S2. The normalized spacial score (nSPS) is 16.8. The minimum Gasteiger partial charge on any atom is -0.243 e. The summed E-state index contributed by atoms with van der Waals surface area (Å²) in [6, 6.07) is 5.89. The number of rotatable bonds is 4. The van der Waals surface area contributed by atoms with Gasteiger partial charge in [0.25, 0.3) is 10.0 Å². The summed E-state index contributed by atoms with van der Waals surface area (Å²) in [5.41, 5.74) is 0.713. The fraction of sp³-hybridized carbons (Fsp3) is 0.400. The van der Waals surface area contributed by atoms with E-state index in [0.717, 1.165) is 37.0 Å². The largest absolute Gasteiger partial charge is 0.251 e. The van der Waals surface area contributed by atoms with E-state index in [-0.39, 0.29) is 16.1 Å². The van der Waals surface area contributed by atoms with E-state index in [4.69, 9.17) is 0 Å². The van der Waals surface area contributed by atoms with Crippen LogP contribution >= 0.6 is 11.3 Å². The van der Waals surface area contributed by atoms with E-state index in [1.54, 1.807) is 12.1 Å². The topological polar surface area (TPSA) is 59.1 Å². The van der Waals surface area contributed by atoms with E-state index >= 15 is 0 Å². The Balaban J connectivity index is 1.78. The number of thiazole rings is 1. The highest BCUT2D eigenvalue weighted by Gasteiger charge is 2.24. The third kappa shape index (κ3) is 3.53. The molecule has 4 nitrogen and oxygen atoms in total. The average Bonchev–Trinajstić information content (AvgIpc) is 2.99. The third-order valence-electron chi connectivity index (χ3n) is 3.77. The van der Waals surface area contributed by atoms with Crippen molar-refractivity contribution >= 4 is 21.4 Å². The molecule has 3 rings (SSSR count). The van der Waals surface area contributed by atoms with E-state index < -0.39 is 10.0 Å². The molecule has 22 heavy (non-hydrogen) atoms. The zero-order valence-electron chi connectivity index (χ0n) is 12.0. The molecule has 0 atom stereocenters. The SMILES string of the molecule is O=S(=O)(NC1CCCCC1)c1cnc(-c2ccc(F)cc2)s1. The maximum atomic E-state index is 12.9. The quantitative estimate of drug-likeness (QED) is 0.926. The third-order valence-corrected chi connectivity index (χ3v) is 6.80. The Labute approximate surface area is 133 Å². The summed E-state index contributed by atoms with van der Waals surface area (Å²) in [7, 11) is -3.52. The van der Waals surface area contributed by atoms with Crippen molar-refractivity contribution in [2.75, 3.05) is 0 Å². The lowest BCUT2D eigenvalue weighted by molar-refractivity contribution is 0.412. The number of sulfonamides is 1. The predicted molar refractivity (Wildman–Crippen MR) is 84.7 cm³/mol. The highest BCUT2D eigenvalue weighted by atomic mass is 32.2. The van der Waals surface area contributed by atoms with Crippen LogP contribution in [0.5, 0.6) is 0 Å². The van der Waals surface area contributed by atoms with Gasteiger partial charge < -0.3 is 0 Å². The van der Waals surface area contributed by atoms with Crippen LogP contribution in [0, 0.1) is 5.82 Å². The second-order valence-electron chi connectivity index (χ2n) is 5.45. The number of nitrogens with zero attached hydrogens (tertiary/aromatic N) is 1. The first-order valence-electron chi connectivity index (χ1n) is 7.29. The maximum Gasteiger partial charge on any atom is 0.251 e. The van der Waals surface area contributed by atoms with Gasteiger partial charge in [0.05, 0.1) is 6.20 Å². The summed E-state index contributed by atoms with van der Waals surface area (Å²) in [6.07, 6.45) is 6.46. The summed E-state index contributed by atoms with van der Waals surface area (Å²) >= 11 is 1.10. The van der Waals surface area contributed by atoms with Crippen LogP contribution < -0.4 is 4.72 Å². The van der Waals surface area contributed by atoms with E-state index in [2.05, 4.69) is 9.71 Å². The predicted octanol–water partition coefficient (Wildman–Crippen LogP) is 3.56. The van der Waals surface area contributed by atoms with Crippen LogP contribution in [0.3, 0.4) is 0 Å². The van der Waals surface area contributed by atoms with Gasteiger partial charge in [0.15, 0.2) is 4.21 Å². The van der Waals surface area contributed by atoms with E-state index in [1.807, 2.05) is 0 Å². The van der Waals surface area contributed by atoms with Crippen molar-refractivity contribution in [2.24, 2.45) is 0 Å². The minimum atomic E-state index is -3.52. The fourth-order valence-corrected chi connectivity index (χ4v) is 5.06.